The zero-order valence-corrected chi connectivity index (χ0v) is 11.5. The van der Waals surface area contributed by atoms with E-state index in [4.69, 9.17) is 14.3 Å². The van der Waals surface area contributed by atoms with Gasteiger partial charge >= 0.3 is 5.97 Å². The van der Waals surface area contributed by atoms with Crippen LogP contribution in [-0.2, 0) is 16.1 Å². The molecule has 0 spiro atoms. The van der Waals surface area contributed by atoms with E-state index in [0.29, 0.717) is 37.6 Å². The van der Waals surface area contributed by atoms with Gasteiger partial charge in [-0.3, -0.25) is 4.79 Å². The smallest absolute Gasteiger partial charge is 0.339 e. The summed E-state index contributed by atoms with van der Waals surface area (Å²) < 4.78 is 10.4. The highest BCUT2D eigenvalue weighted by Gasteiger charge is 2.13. The lowest BCUT2D eigenvalue weighted by molar-refractivity contribution is -0.121. The van der Waals surface area contributed by atoms with Gasteiger partial charge in [-0.05, 0) is 19.4 Å². The minimum absolute atomic E-state index is 0.118. The van der Waals surface area contributed by atoms with Gasteiger partial charge in [0.1, 0.15) is 17.1 Å². The number of aryl methyl sites for hydroxylation is 1. The van der Waals surface area contributed by atoms with E-state index in [-0.39, 0.29) is 18.0 Å². The molecular formula is C14H19NO5. The summed E-state index contributed by atoms with van der Waals surface area (Å²) >= 11 is 0. The van der Waals surface area contributed by atoms with Gasteiger partial charge in [0.05, 0.1) is 13.2 Å². The molecule has 0 unspecified atom stereocenters. The maximum atomic E-state index is 11.5. The molecule has 1 amide bonds. The van der Waals surface area contributed by atoms with Crippen molar-refractivity contribution >= 4 is 11.9 Å². The normalized spacial score (nSPS) is 10.2. The Kier molecular flexibility index (Phi) is 6.52. The summed E-state index contributed by atoms with van der Waals surface area (Å²) in [6.07, 6.45) is 2.62. The highest BCUT2D eigenvalue weighted by atomic mass is 16.5. The molecule has 0 saturated carbocycles. The van der Waals surface area contributed by atoms with Crippen molar-refractivity contribution < 1.29 is 23.8 Å². The molecule has 6 heteroatoms. The van der Waals surface area contributed by atoms with Crippen molar-refractivity contribution in [1.29, 1.82) is 0 Å². The number of nitrogens with one attached hydrogen (secondary N) is 1. The molecule has 20 heavy (non-hydrogen) atoms. The van der Waals surface area contributed by atoms with Gasteiger partial charge in [-0.25, -0.2) is 4.79 Å². The Balaban J connectivity index is 2.28. The van der Waals surface area contributed by atoms with Crippen LogP contribution in [0.5, 0.6) is 0 Å². The summed E-state index contributed by atoms with van der Waals surface area (Å²) in [5, 5.41) is 11.5. The molecular weight excluding hydrogens is 262 g/mol. The standard InChI is InChI=1S/C14H19NO5/c1-3-6-19-7-4-5-13(16)15-9-11-8-12(14(17)18)10(2)20-11/h3,8H,1,4-7,9H2,2H3,(H,15,16)(H,17,18). The molecule has 0 atom stereocenters. The number of carboxylic acid groups (broad SMARTS) is 1. The van der Waals surface area contributed by atoms with Gasteiger partial charge in [0.2, 0.25) is 5.91 Å². The molecule has 0 saturated heterocycles. The Labute approximate surface area is 117 Å². The van der Waals surface area contributed by atoms with E-state index in [2.05, 4.69) is 11.9 Å². The van der Waals surface area contributed by atoms with Crippen LogP contribution in [0.25, 0.3) is 0 Å². The van der Waals surface area contributed by atoms with Crippen molar-refractivity contribution in [2.75, 3.05) is 13.2 Å². The van der Waals surface area contributed by atoms with Gasteiger partial charge in [-0.2, -0.15) is 0 Å². The summed E-state index contributed by atoms with van der Waals surface area (Å²) in [5.41, 5.74) is 0.118. The summed E-state index contributed by atoms with van der Waals surface area (Å²) in [6, 6.07) is 1.42. The van der Waals surface area contributed by atoms with Gasteiger partial charge in [-0.15, -0.1) is 6.58 Å². The second kappa shape index (κ2) is 8.16. The van der Waals surface area contributed by atoms with Crippen LogP contribution < -0.4 is 5.32 Å². The van der Waals surface area contributed by atoms with Crippen LogP contribution >= 0.6 is 0 Å². The number of ether oxygens (including phenoxy) is 1. The van der Waals surface area contributed by atoms with Crippen molar-refractivity contribution in [2.45, 2.75) is 26.3 Å². The fraction of sp³-hybridized carbons (Fsp3) is 0.429. The minimum Gasteiger partial charge on any atom is -0.478 e. The first-order valence-electron chi connectivity index (χ1n) is 6.32. The van der Waals surface area contributed by atoms with E-state index in [1.165, 1.54) is 6.07 Å². The average Bonchev–Trinajstić information content (AvgIpc) is 2.77. The molecule has 1 heterocycles. The summed E-state index contributed by atoms with van der Waals surface area (Å²) in [5.74, 6) is -0.406. The first-order valence-corrected chi connectivity index (χ1v) is 6.32. The van der Waals surface area contributed by atoms with E-state index in [1.807, 2.05) is 0 Å². The Morgan fingerprint density at radius 3 is 2.90 bits per heavy atom. The molecule has 110 valence electrons. The number of aromatic carboxylic acids is 1. The van der Waals surface area contributed by atoms with E-state index >= 15 is 0 Å². The third-order valence-corrected chi connectivity index (χ3v) is 2.59. The molecule has 6 nitrogen and oxygen atoms in total. The van der Waals surface area contributed by atoms with Gasteiger partial charge in [0.25, 0.3) is 0 Å². The molecule has 1 rings (SSSR count). The van der Waals surface area contributed by atoms with Gasteiger partial charge in [0.15, 0.2) is 0 Å². The predicted octanol–water partition coefficient (Wildman–Crippen LogP) is 1.89. The monoisotopic (exact) mass is 281 g/mol. The van der Waals surface area contributed by atoms with Crippen LogP contribution in [0.2, 0.25) is 0 Å². The molecule has 2 N–H and O–H groups in total. The molecule has 0 radical (unpaired) electrons. The van der Waals surface area contributed by atoms with Crippen molar-refractivity contribution in [3.63, 3.8) is 0 Å². The SMILES string of the molecule is C=CCOCCCC(=O)NCc1cc(C(=O)O)c(C)o1. The Morgan fingerprint density at radius 2 is 2.30 bits per heavy atom. The van der Waals surface area contributed by atoms with Crippen LogP contribution in [-0.4, -0.2) is 30.2 Å². The lowest BCUT2D eigenvalue weighted by Crippen LogP contribution is -2.22. The first-order chi connectivity index (χ1) is 9.54. The fourth-order valence-electron chi connectivity index (χ4n) is 1.62. The van der Waals surface area contributed by atoms with Crippen LogP contribution in [0.3, 0.4) is 0 Å². The number of hydrogen-bond donors (Lipinski definition) is 2. The zero-order chi connectivity index (χ0) is 15.0. The van der Waals surface area contributed by atoms with Crippen molar-refractivity contribution in [3.05, 3.63) is 35.8 Å². The van der Waals surface area contributed by atoms with Crippen LogP contribution in [0, 0.1) is 6.92 Å². The topological polar surface area (TPSA) is 88.8 Å². The number of carboxylic acids is 1. The van der Waals surface area contributed by atoms with Crippen molar-refractivity contribution in [3.8, 4) is 0 Å². The maximum absolute atomic E-state index is 11.5. The van der Waals surface area contributed by atoms with Crippen molar-refractivity contribution in [1.82, 2.24) is 5.32 Å². The minimum atomic E-state index is -1.04. The molecule has 0 aliphatic heterocycles. The molecule has 0 aliphatic carbocycles. The molecule has 0 aromatic carbocycles. The Hall–Kier alpha value is -2.08. The predicted molar refractivity (Wildman–Crippen MR) is 72.5 cm³/mol. The maximum Gasteiger partial charge on any atom is 0.339 e. The Morgan fingerprint density at radius 1 is 1.55 bits per heavy atom. The molecule has 0 fully saturated rings. The lowest BCUT2D eigenvalue weighted by Gasteiger charge is -2.03. The summed E-state index contributed by atoms with van der Waals surface area (Å²) in [4.78, 5) is 22.4. The lowest BCUT2D eigenvalue weighted by atomic mass is 10.2. The van der Waals surface area contributed by atoms with E-state index in [9.17, 15) is 9.59 Å². The summed E-state index contributed by atoms with van der Waals surface area (Å²) in [7, 11) is 0. The number of amides is 1. The molecule has 0 bridgehead atoms. The third kappa shape index (κ3) is 5.27. The number of furan rings is 1. The average molecular weight is 281 g/mol. The molecule has 0 aliphatic rings. The summed E-state index contributed by atoms with van der Waals surface area (Å²) in [6.45, 7) is 6.26. The second-order valence-corrected chi connectivity index (χ2v) is 4.23. The molecule has 1 aromatic rings. The van der Waals surface area contributed by atoms with Gasteiger partial charge in [-0.1, -0.05) is 6.08 Å². The Bertz CT molecular complexity index is 478. The van der Waals surface area contributed by atoms with Gasteiger partial charge < -0.3 is 19.6 Å². The zero-order valence-electron chi connectivity index (χ0n) is 11.5. The number of carbonyl (C=O) groups excluding carboxylic acids is 1. The molecule has 1 aromatic heterocycles. The van der Waals surface area contributed by atoms with Gasteiger partial charge in [0, 0.05) is 13.0 Å². The highest BCUT2D eigenvalue weighted by molar-refractivity contribution is 5.88. The largest absolute Gasteiger partial charge is 0.478 e. The quantitative estimate of drug-likeness (QED) is 0.533. The number of rotatable bonds is 9. The van der Waals surface area contributed by atoms with E-state index in [0.717, 1.165) is 0 Å². The van der Waals surface area contributed by atoms with Crippen LogP contribution in [0.1, 0.15) is 34.7 Å². The highest BCUT2D eigenvalue weighted by Crippen LogP contribution is 2.14. The van der Waals surface area contributed by atoms with Crippen LogP contribution in [0.15, 0.2) is 23.1 Å². The fourth-order valence-corrected chi connectivity index (χ4v) is 1.62. The van der Waals surface area contributed by atoms with Crippen molar-refractivity contribution in [2.24, 2.45) is 0 Å². The third-order valence-electron chi connectivity index (χ3n) is 2.59. The second-order valence-electron chi connectivity index (χ2n) is 4.23. The first kappa shape index (κ1) is 16.0. The van der Waals surface area contributed by atoms with E-state index < -0.39 is 5.97 Å². The number of hydrogen-bond acceptors (Lipinski definition) is 4. The van der Waals surface area contributed by atoms with E-state index in [1.54, 1.807) is 13.0 Å². The number of carbonyl (C=O) groups is 2. The van der Waals surface area contributed by atoms with Crippen LogP contribution in [0.4, 0.5) is 0 Å².